The third-order valence-electron chi connectivity index (χ3n) is 5.65. The van der Waals surface area contributed by atoms with E-state index in [2.05, 4.69) is 54.3 Å². The first-order valence-electron chi connectivity index (χ1n) is 10.2. The normalized spacial score (nSPS) is 19.3. The molecule has 4 heteroatoms. The quantitative estimate of drug-likeness (QED) is 0.570. The van der Waals surface area contributed by atoms with Gasteiger partial charge in [0.1, 0.15) is 11.5 Å². The predicted octanol–water partition coefficient (Wildman–Crippen LogP) is 5.35. The summed E-state index contributed by atoms with van der Waals surface area (Å²) in [7, 11) is 3.46. The first-order valence-corrected chi connectivity index (χ1v) is 10.2. The second-order valence-corrected chi connectivity index (χ2v) is 7.74. The van der Waals surface area contributed by atoms with E-state index in [9.17, 15) is 0 Å². The van der Waals surface area contributed by atoms with Crippen LogP contribution in [0, 0.1) is 5.92 Å². The molecule has 2 unspecified atom stereocenters. The molecule has 1 fully saturated rings. The lowest BCUT2D eigenvalue weighted by atomic mass is 9.99. The lowest BCUT2D eigenvalue weighted by Gasteiger charge is -2.27. The highest BCUT2D eigenvalue weighted by molar-refractivity contribution is 5.58. The Morgan fingerprint density at radius 2 is 1.59 bits per heavy atom. The van der Waals surface area contributed by atoms with Crippen molar-refractivity contribution >= 4 is 0 Å². The number of pyridine rings is 1. The molecule has 4 rings (SSSR count). The molecule has 2 heterocycles. The van der Waals surface area contributed by atoms with Gasteiger partial charge in [-0.3, -0.25) is 9.88 Å². The van der Waals surface area contributed by atoms with Gasteiger partial charge in [0.25, 0.3) is 0 Å². The van der Waals surface area contributed by atoms with Crippen LogP contribution in [0.2, 0.25) is 0 Å². The summed E-state index contributed by atoms with van der Waals surface area (Å²) in [5, 5.41) is 0. The molecule has 1 aliphatic rings. The summed E-state index contributed by atoms with van der Waals surface area (Å²) < 4.78 is 11.4. The molecule has 150 valence electrons. The Morgan fingerprint density at radius 1 is 0.897 bits per heavy atom. The molecular weight excluding hydrogens is 360 g/mol. The molecule has 2 atom stereocenters. The molecular formula is C25H28N2O2. The van der Waals surface area contributed by atoms with Gasteiger partial charge in [0, 0.05) is 24.7 Å². The number of ether oxygens (including phenoxy) is 2. The maximum absolute atomic E-state index is 5.69. The number of hydrogen-bond donors (Lipinski definition) is 0. The highest BCUT2D eigenvalue weighted by atomic mass is 16.5. The third kappa shape index (κ3) is 4.13. The molecule has 2 aromatic carbocycles. The smallest absolute Gasteiger partial charge is 0.127 e. The van der Waals surface area contributed by atoms with Crippen LogP contribution in [0.25, 0.3) is 11.3 Å². The summed E-state index contributed by atoms with van der Waals surface area (Å²) in [6.07, 6.45) is 1.08. The molecule has 1 aliphatic heterocycles. The average Bonchev–Trinajstić information content (AvgIpc) is 3.13. The maximum Gasteiger partial charge on any atom is 0.127 e. The minimum atomic E-state index is 0.248. The van der Waals surface area contributed by atoms with Crippen molar-refractivity contribution in [2.24, 2.45) is 5.92 Å². The Bertz CT molecular complexity index is 936. The molecule has 0 N–H and O–H groups in total. The molecule has 0 spiro atoms. The van der Waals surface area contributed by atoms with Gasteiger partial charge in [-0.2, -0.15) is 0 Å². The van der Waals surface area contributed by atoms with E-state index in [0.717, 1.165) is 53.5 Å². The Hall–Kier alpha value is -2.85. The molecule has 29 heavy (non-hydrogen) atoms. The molecule has 3 aromatic rings. The Balaban J connectivity index is 1.64. The number of likely N-dealkylation sites (tertiary alicyclic amines) is 1. The van der Waals surface area contributed by atoms with Crippen molar-refractivity contribution in [1.29, 1.82) is 0 Å². The van der Waals surface area contributed by atoms with Gasteiger partial charge in [-0.25, -0.2) is 0 Å². The van der Waals surface area contributed by atoms with Crippen LogP contribution in [0.4, 0.5) is 0 Å². The molecule has 1 saturated heterocycles. The van der Waals surface area contributed by atoms with Crippen molar-refractivity contribution in [3.8, 4) is 22.8 Å². The van der Waals surface area contributed by atoms with Gasteiger partial charge in [0.2, 0.25) is 0 Å². The van der Waals surface area contributed by atoms with Gasteiger partial charge in [-0.1, -0.05) is 49.4 Å². The van der Waals surface area contributed by atoms with E-state index in [4.69, 9.17) is 14.5 Å². The van der Waals surface area contributed by atoms with E-state index in [1.165, 1.54) is 0 Å². The number of aromatic nitrogens is 1. The largest absolute Gasteiger partial charge is 0.496 e. The topological polar surface area (TPSA) is 34.6 Å². The summed E-state index contributed by atoms with van der Waals surface area (Å²) in [4.78, 5) is 7.44. The number of hydrogen-bond acceptors (Lipinski definition) is 4. The first kappa shape index (κ1) is 19.5. The molecule has 1 aromatic heterocycles. The zero-order valence-corrected chi connectivity index (χ0v) is 17.3. The fourth-order valence-electron chi connectivity index (χ4n) is 4.36. The minimum absolute atomic E-state index is 0.248. The third-order valence-corrected chi connectivity index (χ3v) is 5.65. The first-order chi connectivity index (χ1) is 14.2. The lowest BCUT2D eigenvalue weighted by Crippen LogP contribution is -2.24. The minimum Gasteiger partial charge on any atom is -0.496 e. The second kappa shape index (κ2) is 8.66. The van der Waals surface area contributed by atoms with Crippen LogP contribution in [0.15, 0.2) is 66.7 Å². The van der Waals surface area contributed by atoms with Crippen molar-refractivity contribution in [2.75, 3.05) is 20.8 Å². The lowest BCUT2D eigenvalue weighted by molar-refractivity contribution is 0.232. The fraction of sp³-hybridized carbons (Fsp3) is 0.320. The number of methoxy groups -OCH3 is 2. The van der Waals surface area contributed by atoms with Crippen molar-refractivity contribution < 1.29 is 9.47 Å². The number of rotatable bonds is 6. The van der Waals surface area contributed by atoms with Crippen molar-refractivity contribution in [3.05, 3.63) is 78.0 Å². The van der Waals surface area contributed by atoms with Crippen LogP contribution in [0.5, 0.6) is 11.5 Å². The fourth-order valence-corrected chi connectivity index (χ4v) is 4.36. The van der Waals surface area contributed by atoms with Gasteiger partial charge in [-0.15, -0.1) is 0 Å². The Kier molecular flexibility index (Phi) is 5.81. The van der Waals surface area contributed by atoms with Crippen molar-refractivity contribution in [3.63, 3.8) is 0 Å². The van der Waals surface area contributed by atoms with Gasteiger partial charge < -0.3 is 9.47 Å². The maximum atomic E-state index is 5.69. The summed E-state index contributed by atoms with van der Waals surface area (Å²) in [6, 6.07) is 22.9. The highest BCUT2D eigenvalue weighted by Gasteiger charge is 2.34. The molecule has 0 amide bonds. The number of benzene rings is 2. The highest BCUT2D eigenvalue weighted by Crippen LogP contribution is 2.44. The van der Waals surface area contributed by atoms with Gasteiger partial charge in [0.15, 0.2) is 0 Å². The van der Waals surface area contributed by atoms with E-state index in [1.54, 1.807) is 14.2 Å². The van der Waals surface area contributed by atoms with Gasteiger partial charge in [0.05, 0.1) is 31.2 Å². The summed E-state index contributed by atoms with van der Waals surface area (Å²) in [5.74, 6) is 2.38. The second-order valence-electron chi connectivity index (χ2n) is 7.74. The predicted molar refractivity (Wildman–Crippen MR) is 116 cm³/mol. The van der Waals surface area contributed by atoms with E-state index in [0.29, 0.717) is 5.92 Å². The van der Waals surface area contributed by atoms with Gasteiger partial charge >= 0.3 is 0 Å². The summed E-state index contributed by atoms with van der Waals surface area (Å²) in [5.41, 5.74) is 4.38. The van der Waals surface area contributed by atoms with E-state index in [-0.39, 0.29) is 6.04 Å². The summed E-state index contributed by atoms with van der Waals surface area (Å²) >= 11 is 0. The monoisotopic (exact) mass is 388 g/mol. The van der Waals surface area contributed by atoms with Crippen molar-refractivity contribution in [2.45, 2.75) is 25.9 Å². The zero-order valence-electron chi connectivity index (χ0n) is 17.3. The summed E-state index contributed by atoms with van der Waals surface area (Å²) in [6.45, 7) is 4.14. The van der Waals surface area contributed by atoms with Gasteiger partial charge in [-0.05, 0) is 36.6 Å². The Labute approximate surface area is 173 Å². The molecule has 0 radical (unpaired) electrons. The van der Waals surface area contributed by atoms with Crippen LogP contribution in [0.1, 0.15) is 30.6 Å². The van der Waals surface area contributed by atoms with Crippen LogP contribution in [-0.4, -0.2) is 30.6 Å². The molecule has 4 nitrogen and oxygen atoms in total. The molecule has 0 aliphatic carbocycles. The van der Waals surface area contributed by atoms with Crippen LogP contribution in [-0.2, 0) is 6.54 Å². The van der Waals surface area contributed by atoms with Crippen LogP contribution in [0.3, 0.4) is 0 Å². The molecule has 0 bridgehead atoms. The van der Waals surface area contributed by atoms with Crippen molar-refractivity contribution in [1.82, 2.24) is 9.88 Å². The van der Waals surface area contributed by atoms with E-state index in [1.807, 2.05) is 24.3 Å². The van der Waals surface area contributed by atoms with E-state index < -0.39 is 0 Å². The van der Waals surface area contributed by atoms with E-state index >= 15 is 0 Å². The van der Waals surface area contributed by atoms with Crippen LogP contribution < -0.4 is 9.47 Å². The zero-order chi connectivity index (χ0) is 20.2. The Morgan fingerprint density at radius 3 is 2.28 bits per heavy atom. The SMILES string of the molecule is COc1cccc(OC)c1C1CC(C)CN1Cc1cccc(-c2ccccc2)n1. The molecule has 0 saturated carbocycles. The van der Waals surface area contributed by atoms with Crippen LogP contribution >= 0.6 is 0 Å². The average molecular weight is 389 g/mol. The number of nitrogens with zero attached hydrogens (tertiary/aromatic N) is 2. The standard InChI is InChI=1S/C25H28N2O2/c1-18-15-22(25-23(28-2)13-8-14-24(25)29-3)27(16-18)17-20-11-7-12-21(26-20)19-9-5-4-6-10-19/h4-14,18,22H,15-17H2,1-3H3.